The summed E-state index contributed by atoms with van der Waals surface area (Å²) in [5.74, 6) is -7.24. The van der Waals surface area contributed by atoms with Crippen LogP contribution in [-0.4, -0.2) is 139 Å². The Labute approximate surface area is 581 Å². The second-order valence-corrected chi connectivity index (χ2v) is 29.2. The van der Waals surface area contributed by atoms with Crippen molar-refractivity contribution in [3.05, 3.63) is 75.8 Å². The Morgan fingerprint density at radius 3 is 1.91 bits per heavy atom. The van der Waals surface area contributed by atoms with Gasteiger partial charge < -0.3 is 101 Å². The molecule has 6 aliphatic rings. The minimum absolute atomic E-state index is 0. The van der Waals surface area contributed by atoms with Gasteiger partial charge in [0.2, 0.25) is 41.4 Å². The third-order valence-electron chi connectivity index (χ3n) is 20.5. The molecule has 2 saturated heterocycles. The number of fused-ring (bicyclic) bond motifs is 7. The van der Waals surface area contributed by atoms with Gasteiger partial charge in [0.15, 0.2) is 6.23 Å². The molecule has 98 heavy (non-hydrogen) atoms. The topological polar surface area (TPSA) is 537 Å². The van der Waals surface area contributed by atoms with Gasteiger partial charge in [-0.3, -0.25) is 53.1 Å². The van der Waals surface area contributed by atoms with Crippen molar-refractivity contribution in [2.75, 3.05) is 13.2 Å². The van der Waals surface area contributed by atoms with Crippen LogP contribution in [-0.2, 0) is 73.5 Å². The number of nitrogens with two attached hydrogens (primary N) is 6. The number of benzene rings is 1. The second kappa shape index (κ2) is 32.3. The summed E-state index contributed by atoms with van der Waals surface area (Å²) in [5.41, 5.74) is 36.7. The standard InChI is InChI=1S/C62H90N13O14P.C3H6O.CN.Co.H2O/c1-29-20-39-40(21-30(29)2)75(28-70-39)57-52(84)53(41(27-76)87-57)89-90(85,86)88-31(3)26-69-49(83)18-19-59(8)37(22-46(66)80)56-62(11)61(10,25-48(68)82)36(14-17-45(65)79)51(74-62)33(5)55-60(9,24-47(67)81)34(12-15-43(63)77)38(71-55)23-42-58(6,7)35(13-16-44(64)78)50(72-42)32(4)54(59)73-56;1-3(2)4;1-2;;/h20-21,23,28,31,34-37,41,52-53,56-57,76,84H,12-19,22,24-27H2,1-11H3,(H15,63,64,65,66,67,68,69,71,72,73,74,77,78,79,80,81,82,83,85,86);1-2H3;;;1H2/q;;-1;+2;/p-2. The van der Waals surface area contributed by atoms with Crippen LogP contribution in [0.4, 0.5) is 0 Å². The molecule has 15 unspecified atom stereocenters. The summed E-state index contributed by atoms with van der Waals surface area (Å²) in [6.45, 7) is 26.8. The molecule has 7 heterocycles. The first-order valence-corrected chi connectivity index (χ1v) is 33.4. The normalized spacial score (nSPS) is 31.7. The smallest absolute Gasteiger partial charge is 0.756 e. The third-order valence-corrected chi connectivity index (χ3v) is 21.6. The molecule has 15 atom stereocenters. The van der Waals surface area contributed by atoms with Crippen molar-refractivity contribution < 1.29 is 94.1 Å². The number of aliphatic hydroxyl groups excluding tert-OH is 2. The van der Waals surface area contributed by atoms with Crippen molar-refractivity contribution in [3.8, 4) is 0 Å². The van der Waals surface area contributed by atoms with Crippen LogP contribution in [0, 0.1) is 71.0 Å². The Kier molecular flexibility index (Phi) is 27.4. The van der Waals surface area contributed by atoms with Crippen molar-refractivity contribution in [1.29, 1.82) is 5.26 Å². The van der Waals surface area contributed by atoms with E-state index < -0.39 is 143 Å². The number of Topliss-reactive ketones (excluding diaryl/α,β-unsaturated/α-hetero) is 1. The minimum atomic E-state index is -5.32. The zero-order chi connectivity index (χ0) is 72.3. The average molecular weight is 1430 g/mol. The van der Waals surface area contributed by atoms with E-state index in [1.807, 2.05) is 80.5 Å². The number of aliphatic hydroxyl groups is 2. The second-order valence-electron chi connectivity index (χ2n) is 27.9. The molecule has 1 aromatic heterocycles. The molecule has 8 rings (SSSR count). The van der Waals surface area contributed by atoms with Gasteiger partial charge >= 0.3 is 16.8 Å². The molecule has 0 aliphatic carbocycles. The van der Waals surface area contributed by atoms with Crippen molar-refractivity contribution in [3.63, 3.8) is 0 Å². The number of carbonyl (C=O) groups excluding carboxylic acids is 8. The number of primary amides is 6. The quantitative estimate of drug-likeness (QED) is 0.0482. The van der Waals surface area contributed by atoms with Crippen molar-refractivity contribution in [2.45, 2.75) is 203 Å². The number of ether oxygens (including phenoxy) is 1. The van der Waals surface area contributed by atoms with E-state index in [4.69, 9.17) is 80.3 Å². The molecule has 17 N–H and O–H groups in total. The number of aryl methyl sites for hydroxylation is 2. The first-order valence-electron chi connectivity index (χ1n) is 31.9. The number of allylic oxidation sites excluding steroid dienone is 6. The maximum Gasteiger partial charge on any atom is 2.00 e. The summed E-state index contributed by atoms with van der Waals surface area (Å²) in [7, 11) is -5.32. The molecule has 8 bridgehead atoms. The maximum absolute atomic E-state index is 14.4. The van der Waals surface area contributed by atoms with Crippen LogP contribution in [0.25, 0.3) is 16.4 Å². The molecule has 30 nitrogen and oxygen atoms in total. The largest absolute Gasteiger partial charge is 2.00 e. The number of hydrogen-bond acceptors (Lipinski definition) is 20. The monoisotopic (exact) mass is 1430 g/mol. The summed E-state index contributed by atoms with van der Waals surface area (Å²) < 4.78 is 31.9. The molecule has 0 saturated carbocycles. The Morgan fingerprint density at radius 2 is 1.37 bits per heavy atom. The molecule has 7 amide bonds. The number of nitrogens with one attached hydrogen (secondary N) is 1. The predicted octanol–water partition coefficient (Wildman–Crippen LogP) is 3.18. The fourth-order valence-electron chi connectivity index (χ4n) is 15.3. The van der Waals surface area contributed by atoms with E-state index in [-0.39, 0.29) is 105 Å². The number of aromatic nitrogens is 2. The van der Waals surface area contributed by atoms with Crippen LogP contribution >= 0.6 is 7.82 Å². The fraction of sp³-hybridized carbons (Fsp3) is 0.621. The molecule has 2 fully saturated rings. The number of phosphoric ester groups is 1. The van der Waals surface area contributed by atoms with Crippen LogP contribution in [0.2, 0.25) is 0 Å². The van der Waals surface area contributed by atoms with Gasteiger partial charge in [0.1, 0.15) is 24.1 Å². The Bertz CT molecular complexity index is 3710. The summed E-state index contributed by atoms with van der Waals surface area (Å²) in [4.78, 5) is 137. The number of rotatable bonds is 26. The summed E-state index contributed by atoms with van der Waals surface area (Å²) in [6, 6.07) is 2.65. The van der Waals surface area contributed by atoms with Gasteiger partial charge in [-0.2, -0.15) is 11.4 Å². The van der Waals surface area contributed by atoms with Gasteiger partial charge in [-0.05, 0) is 127 Å². The number of carbonyl (C=O) groups is 8. The Morgan fingerprint density at radius 1 is 0.816 bits per heavy atom. The van der Waals surface area contributed by atoms with Crippen LogP contribution in [0.1, 0.15) is 164 Å². The van der Waals surface area contributed by atoms with Crippen LogP contribution in [0.3, 0.4) is 0 Å². The number of amides is 7. The van der Waals surface area contributed by atoms with E-state index in [9.17, 15) is 58.0 Å². The van der Waals surface area contributed by atoms with Gasteiger partial charge in [-0.1, -0.05) is 40.7 Å². The average Bonchev–Trinajstić information content (AvgIpc) is 1.53. The molecule has 1 aromatic carbocycles. The SMILES string of the molecule is C/C1=C2/[N-]/C(=C\C3=NC(=C(/C)C4=NC(C)(C5N=C1C(C)(CCC(=O)NCC(C)OP(=O)([O-])OC1C(CO)OC(n6cnc7cc(C)c(C)cc76)C1O)C5CC(N)=O)C(C)(CC(N)=O)C4CCC(N)=O)/C(C)(CC(N)=O)C3CCC(N)=O)C(C)(C)C2CCC(N)=O.CC(C)=O.O.[C-]#N.[Co+2]. The van der Waals surface area contributed by atoms with Crippen molar-refractivity contribution in [1.82, 2.24) is 14.9 Å². The predicted molar refractivity (Wildman–Crippen MR) is 357 cm³/mol. The molecule has 1 radical (unpaired) electrons. The van der Waals surface area contributed by atoms with E-state index in [1.165, 1.54) is 31.7 Å². The summed E-state index contributed by atoms with van der Waals surface area (Å²) in [5, 5.41) is 36.1. The first-order chi connectivity index (χ1) is 44.6. The first kappa shape index (κ1) is 83.0. The molecule has 2 aromatic rings. The Balaban J connectivity index is 0.00000246. The van der Waals surface area contributed by atoms with Gasteiger partial charge in [0, 0.05) is 103 Å². The zero-order valence-electron chi connectivity index (χ0n) is 57.9. The van der Waals surface area contributed by atoms with Gasteiger partial charge in [-0.15, -0.1) is 0 Å². The van der Waals surface area contributed by atoms with E-state index in [0.717, 1.165) is 11.1 Å². The number of ketones is 1. The van der Waals surface area contributed by atoms with E-state index in [1.54, 1.807) is 6.92 Å². The van der Waals surface area contributed by atoms with Crippen molar-refractivity contribution in [2.24, 2.45) is 94.7 Å². The summed E-state index contributed by atoms with van der Waals surface area (Å²) >= 11 is 0. The number of aliphatic imine (C=N–C) groups is 3. The maximum atomic E-state index is 14.4. The van der Waals surface area contributed by atoms with Crippen LogP contribution < -0.4 is 44.6 Å². The van der Waals surface area contributed by atoms with E-state index in [2.05, 4.69) is 10.3 Å². The van der Waals surface area contributed by atoms with E-state index >= 15 is 0 Å². The van der Waals surface area contributed by atoms with Gasteiger partial charge in [-0.25, -0.2) is 4.98 Å². The molecule has 32 heteroatoms. The van der Waals surface area contributed by atoms with Crippen molar-refractivity contribution >= 4 is 83.1 Å². The summed E-state index contributed by atoms with van der Waals surface area (Å²) in [6.07, 6.45) is -4.79. The third kappa shape index (κ3) is 17.1. The number of imidazole rings is 1. The zero-order valence-corrected chi connectivity index (χ0v) is 59.8. The number of hydrogen-bond donors (Lipinski definition) is 9. The van der Waals surface area contributed by atoms with Crippen LogP contribution in [0.5, 0.6) is 0 Å². The van der Waals surface area contributed by atoms with Crippen LogP contribution in [0.15, 0.2) is 67.8 Å². The van der Waals surface area contributed by atoms with Gasteiger partial charge in [0.25, 0.3) is 7.82 Å². The van der Waals surface area contributed by atoms with E-state index in [0.29, 0.717) is 56.4 Å². The van der Waals surface area contributed by atoms with Gasteiger partial charge in [0.05, 0.1) is 47.3 Å². The molecule has 6 aliphatic heterocycles. The molecule has 541 valence electrons. The number of nitrogens with zero attached hydrogens (tertiary/aromatic N) is 7. The Hall–Kier alpha value is -7.37. The number of phosphoric acid groups is 1. The fourth-order valence-corrected chi connectivity index (χ4v) is 16.4. The minimum Gasteiger partial charge on any atom is -0.756 e. The molecule has 0 spiro atoms. The molecular weight excluding hydrogens is 1330 g/mol. The molecular formula is C66H96CoN14O16P-.